The molecule has 5 nitrogen and oxygen atoms in total. The first kappa shape index (κ1) is 17.2. The first-order chi connectivity index (χ1) is 10.4. The molecule has 2 rings (SSSR count). The van der Waals surface area contributed by atoms with Crippen LogP contribution in [0.15, 0.2) is 30.3 Å². The van der Waals surface area contributed by atoms with Crippen LogP contribution in [0.4, 0.5) is 0 Å². The van der Waals surface area contributed by atoms with Crippen LogP contribution < -0.4 is 0 Å². The maximum atomic E-state index is 13.1. The molecule has 1 aliphatic heterocycles. The summed E-state index contributed by atoms with van der Waals surface area (Å²) in [4.78, 5) is 0. The molecule has 4 atom stereocenters. The lowest BCUT2D eigenvalue weighted by molar-refractivity contribution is 0.0897. The Labute approximate surface area is 132 Å². The second kappa shape index (κ2) is 6.52. The van der Waals surface area contributed by atoms with E-state index in [2.05, 4.69) is 6.07 Å². The minimum Gasteiger partial charge on any atom is -0.287 e. The number of hydrogen-bond donors (Lipinski definition) is 0. The summed E-state index contributed by atoms with van der Waals surface area (Å²) >= 11 is 0. The highest BCUT2D eigenvalue weighted by Crippen LogP contribution is 2.64. The topological polar surface area (TPSA) is 62.6 Å². The number of nitriles is 1. The van der Waals surface area contributed by atoms with E-state index >= 15 is 0 Å². The van der Waals surface area contributed by atoms with Gasteiger partial charge in [0.25, 0.3) is 0 Å². The number of nitrogens with zero attached hydrogens (tertiary/aromatic N) is 2. The molecule has 0 aliphatic carbocycles. The third-order valence-corrected chi connectivity index (χ3v) is 6.33. The standard InChI is InChI=1S/C16H23N2O3P/c1-5-11-16(3,12-17)21-22(19)18(4)13(2)15(20-22)14-9-7-6-8-10-14/h6-10,13,15H,5,11H2,1-4H3/t13-,15+,16+,22?/m0/s1. The van der Waals surface area contributed by atoms with Crippen LogP contribution in [0.25, 0.3) is 0 Å². The Morgan fingerprint density at radius 3 is 2.64 bits per heavy atom. The van der Waals surface area contributed by atoms with E-state index in [1.807, 2.05) is 44.2 Å². The molecule has 1 aliphatic rings. The molecule has 0 N–H and O–H groups in total. The fraction of sp³-hybridized carbons (Fsp3) is 0.562. The van der Waals surface area contributed by atoms with Gasteiger partial charge in [0, 0.05) is 6.04 Å². The molecular weight excluding hydrogens is 299 g/mol. The summed E-state index contributed by atoms with van der Waals surface area (Å²) in [7, 11) is -1.78. The van der Waals surface area contributed by atoms with Crippen LogP contribution in [0.2, 0.25) is 0 Å². The molecule has 1 fully saturated rings. The van der Waals surface area contributed by atoms with Gasteiger partial charge in [-0.3, -0.25) is 9.05 Å². The quantitative estimate of drug-likeness (QED) is 0.757. The van der Waals surface area contributed by atoms with Gasteiger partial charge in [0.05, 0.1) is 6.07 Å². The SMILES string of the molecule is CCC[C@](C)(C#N)OP1(=O)O[C@@H](c2ccccc2)[C@H](C)N1C. The van der Waals surface area contributed by atoms with Crippen molar-refractivity contribution >= 4 is 7.75 Å². The molecule has 0 spiro atoms. The Bertz CT molecular complexity index is 601. The van der Waals surface area contributed by atoms with Crippen LogP contribution in [0, 0.1) is 11.3 Å². The van der Waals surface area contributed by atoms with E-state index in [1.54, 1.807) is 18.6 Å². The zero-order valence-corrected chi connectivity index (χ0v) is 14.4. The molecule has 1 aromatic rings. The van der Waals surface area contributed by atoms with E-state index in [-0.39, 0.29) is 12.1 Å². The predicted molar refractivity (Wildman–Crippen MR) is 85.1 cm³/mol. The Balaban J connectivity index is 2.26. The lowest BCUT2D eigenvalue weighted by Gasteiger charge is -2.28. The highest BCUT2D eigenvalue weighted by molar-refractivity contribution is 7.51. The average Bonchev–Trinajstić information content (AvgIpc) is 2.73. The van der Waals surface area contributed by atoms with Gasteiger partial charge in [0.2, 0.25) is 0 Å². The molecular formula is C16H23N2O3P. The van der Waals surface area contributed by atoms with Gasteiger partial charge in [-0.1, -0.05) is 43.7 Å². The van der Waals surface area contributed by atoms with E-state index < -0.39 is 13.3 Å². The lowest BCUT2D eigenvalue weighted by Crippen LogP contribution is -2.29. The van der Waals surface area contributed by atoms with Crippen LogP contribution in [-0.4, -0.2) is 23.4 Å². The monoisotopic (exact) mass is 322 g/mol. The van der Waals surface area contributed by atoms with Gasteiger partial charge in [-0.15, -0.1) is 0 Å². The molecule has 0 aromatic heterocycles. The maximum Gasteiger partial charge on any atom is 0.410 e. The molecule has 0 radical (unpaired) electrons. The van der Waals surface area contributed by atoms with Crippen LogP contribution in [0.3, 0.4) is 0 Å². The summed E-state index contributed by atoms with van der Waals surface area (Å²) in [6.45, 7) is 5.57. The minimum atomic E-state index is -3.50. The Morgan fingerprint density at radius 1 is 1.45 bits per heavy atom. The number of benzene rings is 1. The summed E-state index contributed by atoms with van der Waals surface area (Å²) in [6, 6.07) is 11.7. The van der Waals surface area contributed by atoms with Gasteiger partial charge in [-0.05, 0) is 32.9 Å². The summed E-state index contributed by atoms with van der Waals surface area (Å²) < 4.78 is 26.3. The van der Waals surface area contributed by atoms with E-state index in [1.165, 1.54) is 0 Å². The summed E-state index contributed by atoms with van der Waals surface area (Å²) in [5.41, 5.74) is -0.151. The fourth-order valence-electron chi connectivity index (χ4n) is 2.65. The molecule has 22 heavy (non-hydrogen) atoms. The van der Waals surface area contributed by atoms with Crippen molar-refractivity contribution in [1.82, 2.24) is 4.67 Å². The summed E-state index contributed by atoms with van der Waals surface area (Å²) in [5.74, 6) is 0. The predicted octanol–water partition coefficient (Wildman–Crippen LogP) is 4.29. The number of rotatable bonds is 5. The Hall–Kier alpha value is -1.18. The van der Waals surface area contributed by atoms with Crippen LogP contribution in [-0.2, 0) is 13.6 Å². The third kappa shape index (κ3) is 3.26. The van der Waals surface area contributed by atoms with Gasteiger partial charge < -0.3 is 0 Å². The van der Waals surface area contributed by atoms with Crippen molar-refractivity contribution in [3.05, 3.63) is 35.9 Å². The van der Waals surface area contributed by atoms with Crippen molar-refractivity contribution in [1.29, 1.82) is 5.26 Å². The van der Waals surface area contributed by atoms with Gasteiger partial charge in [0.1, 0.15) is 6.10 Å². The molecule has 0 saturated carbocycles. The minimum absolute atomic E-state index is 0.0993. The number of hydrogen-bond acceptors (Lipinski definition) is 4. The van der Waals surface area contributed by atoms with Crippen LogP contribution in [0.1, 0.15) is 45.3 Å². The summed E-state index contributed by atoms with van der Waals surface area (Å²) in [5, 5.41) is 9.36. The lowest BCUT2D eigenvalue weighted by atomic mass is 10.0. The zero-order valence-electron chi connectivity index (χ0n) is 13.5. The highest BCUT2D eigenvalue weighted by Gasteiger charge is 2.51. The first-order valence-corrected chi connectivity index (χ1v) is 9.03. The number of likely N-dealkylation sites (N-methyl/N-ethyl adjacent to an activating group) is 1. The smallest absolute Gasteiger partial charge is 0.287 e. The molecule has 1 saturated heterocycles. The van der Waals surface area contributed by atoms with E-state index in [0.717, 1.165) is 12.0 Å². The zero-order chi connectivity index (χ0) is 16.4. The molecule has 0 bridgehead atoms. The van der Waals surface area contributed by atoms with Crippen molar-refractivity contribution in [3.63, 3.8) is 0 Å². The van der Waals surface area contributed by atoms with Gasteiger partial charge in [-0.2, -0.15) is 5.26 Å². The van der Waals surface area contributed by atoms with Gasteiger partial charge >= 0.3 is 7.75 Å². The molecule has 1 aromatic carbocycles. The first-order valence-electron chi connectivity index (χ1n) is 7.54. The van der Waals surface area contributed by atoms with E-state index in [9.17, 15) is 9.83 Å². The van der Waals surface area contributed by atoms with Crippen molar-refractivity contribution < 1.29 is 13.6 Å². The largest absolute Gasteiger partial charge is 0.410 e. The molecule has 1 unspecified atom stereocenters. The normalized spacial score (nSPS) is 31.6. The Morgan fingerprint density at radius 2 is 2.09 bits per heavy atom. The van der Waals surface area contributed by atoms with Crippen molar-refractivity contribution in [2.24, 2.45) is 0 Å². The summed E-state index contributed by atoms with van der Waals surface area (Å²) in [6.07, 6.45) is 0.946. The van der Waals surface area contributed by atoms with Gasteiger partial charge in [-0.25, -0.2) is 9.24 Å². The Kier molecular flexibility index (Phi) is 5.09. The second-order valence-electron chi connectivity index (χ2n) is 5.90. The fourth-order valence-corrected chi connectivity index (χ4v) is 4.76. The van der Waals surface area contributed by atoms with Crippen molar-refractivity contribution in [2.75, 3.05) is 7.05 Å². The molecule has 120 valence electrons. The molecule has 6 heteroatoms. The average molecular weight is 322 g/mol. The molecule has 1 heterocycles. The van der Waals surface area contributed by atoms with Crippen molar-refractivity contribution in [2.45, 2.75) is 51.4 Å². The van der Waals surface area contributed by atoms with Gasteiger partial charge in [0.15, 0.2) is 5.60 Å². The van der Waals surface area contributed by atoms with E-state index in [0.29, 0.717) is 6.42 Å². The van der Waals surface area contributed by atoms with Crippen LogP contribution >= 0.6 is 7.75 Å². The second-order valence-corrected chi connectivity index (χ2v) is 7.86. The highest BCUT2D eigenvalue weighted by atomic mass is 31.2. The maximum absolute atomic E-state index is 13.1. The third-order valence-electron chi connectivity index (χ3n) is 4.07. The molecule has 0 amide bonds. The van der Waals surface area contributed by atoms with Crippen LogP contribution in [0.5, 0.6) is 0 Å². The van der Waals surface area contributed by atoms with Crippen molar-refractivity contribution in [3.8, 4) is 6.07 Å². The van der Waals surface area contributed by atoms with E-state index in [4.69, 9.17) is 9.05 Å².